The minimum Gasteiger partial charge on any atom is -0.303 e. The number of carbonyl (C=O) groups is 1. The second kappa shape index (κ2) is 5.47. The first-order valence-corrected chi connectivity index (χ1v) is 6.25. The monoisotopic (exact) mass is 220 g/mol. The van der Waals surface area contributed by atoms with Gasteiger partial charge >= 0.3 is 0 Å². The second-order valence-electron chi connectivity index (χ2n) is 5.57. The van der Waals surface area contributed by atoms with Crippen molar-refractivity contribution in [1.29, 1.82) is 0 Å². The summed E-state index contributed by atoms with van der Waals surface area (Å²) in [7, 11) is 0. The van der Waals surface area contributed by atoms with Crippen molar-refractivity contribution in [3.63, 3.8) is 0 Å². The van der Waals surface area contributed by atoms with Gasteiger partial charge in [0.15, 0.2) is 0 Å². The van der Waals surface area contributed by atoms with Crippen molar-refractivity contribution in [3.8, 4) is 0 Å². The summed E-state index contributed by atoms with van der Waals surface area (Å²) in [5.74, 6) is 0.131. The minimum absolute atomic E-state index is 0.131. The van der Waals surface area contributed by atoms with Crippen LogP contribution in [0.2, 0.25) is 0 Å². The van der Waals surface area contributed by atoms with Gasteiger partial charge < -0.3 is 4.79 Å². The zero-order chi connectivity index (χ0) is 12.2. The predicted octanol–water partition coefficient (Wildman–Crippen LogP) is 4.29. The number of allylic oxidation sites excluding steroid dienone is 4. The number of carbonyl (C=O) groups excluding carboxylic acids is 1. The Labute approximate surface area is 99.6 Å². The summed E-state index contributed by atoms with van der Waals surface area (Å²) >= 11 is 0. The molecule has 16 heavy (non-hydrogen) atoms. The van der Waals surface area contributed by atoms with Crippen molar-refractivity contribution in [1.82, 2.24) is 0 Å². The highest BCUT2D eigenvalue weighted by Gasteiger charge is 2.35. The van der Waals surface area contributed by atoms with Gasteiger partial charge in [-0.2, -0.15) is 0 Å². The van der Waals surface area contributed by atoms with E-state index in [2.05, 4.69) is 39.8 Å². The van der Waals surface area contributed by atoms with E-state index in [4.69, 9.17) is 0 Å². The Balaban J connectivity index is 2.71. The van der Waals surface area contributed by atoms with E-state index < -0.39 is 0 Å². The summed E-state index contributed by atoms with van der Waals surface area (Å²) in [6.07, 6.45) is 10.1. The van der Waals surface area contributed by atoms with Crippen LogP contribution in [0, 0.1) is 11.3 Å². The van der Waals surface area contributed by atoms with Crippen LogP contribution in [-0.2, 0) is 4.79 Å². The van der Waals surface area contributed by atoms with Crippen molar-refractivity contribution in [2.75, 3.05) is 0 Å². The molecule has 1 heteroatoms. The standard InChI is InChI=1S/C15H24O/c1-12(2)7-5-9-15(4)10-6-8-13(3)14(15)11-16/h7-8,11,14H,5-6,9-10H2,1-4H3. The third-order valence-corrected chi connectivity index (χ3v) is 3.83. The van der Waals surface area contributed by atoms with E-state index in [0.29, 0.717) is 0 Å². The van der Waals surface area contributed by atoms with Crippen LogP contribution >= 0.6 is 0 Å². The first-order chi connectivity index (χ1) is 7.49. The molecule has 0 amide bonds. The Kier molecular flexibility index (Phi) is 4.52. The molecule has 0 aromatic heterocycles. The number of aldehydes is 1. The zero-order valence-electron chi connectivity index (χ0n) is 11.0. The molecule has 1 nitrogen and oxygen atoms in total. The van der Waals surface area contributed by atoms with E-state index in [1.807, 2.05) is 0 Å². The Hall–Kier alpha value is -0.850. The van der Waals surface area contributed by atoms with Crippen LogP contribution in [0.3, 0.4) is 0 Å². The van der Waals surface area contributed by atoms with E-state index in [0.717, 1.165) is 32.0 Å². The lowest BCUT2D eigenvalue weighted by Crippen LogP contribution is -2.32. The van der Waals surface area contributed by atoms with Crippen LogP contribution in [-0.4, -0.2) is 6.29 Å². The minimum atomic E-state index is 0.131. The molecule has 1 rings (SSSR count). The summed E-state index contributed by atoms with van der Waals surface area (Å²) in [5.41, 5.74) is 2.81. The van der Waals surface area contributed by atoms with Gasteiger partial charge in [-0.15, -0.1) is 0 Å². The quantitative estimate of drug-likeness (QED) is 0.510. The van der Waals surface area contributed by atoms with Crippen LogP contribution in [0.4, 0.5) is 0 Å². The van der Waals surface area contributed by atoms with Crippen molar-refractivity contribution < 1.29 is 4.79 Å². The van der Waals surface area contributed by atoms with E-state index in [1.165, 1.54) is 11.1 Å². The van der Waals surface area contributed by atoms with Gasteiger partial charge in [0.05, 0.1) is 0 Å². The lowest BCUT2D eigenvalue weighted by Gasteiger charge is -2.38. The first kappa shape index (κ1) is 13.2. The van der Waals surface area contributed by atoms with Crippen molar-refractivity contribution in [3.05, 3.63) is 23.3 Å². The van der Waals surface area contributed by atoms with Gasteiger partial charge in [-0.05, 0) is 51.9 Å². The van der Waals surface area contributed by atoms with Gasteiger partial charge in [0.2, 0.25) is 0 Å². The van der Waals surface area contributed by atoms with E-state index >= 15 is 0 Å². The normalized spacial score (nSPS) is 29.5. The van der Waals surface area contributed by atoms with E-state index in [9.17, 15) is 4.79 Å². The van der Waals surface area contributed by atoms with Gasteiger partial charge in [0.25, 0.3) is 0 Å². The maximum Gasteiger partial charge on any atom is 0.127 e. The highest BCUT2D eigenvalue weighted by molar-refractivity contribution is 5.60. The smallest absolute Gasteiger partial charge is 0.127 e. The molecule has 0 aliphatic heterocycles. The van der Waals surface area contributed by atoms with Gasteiger partial charge in [0.1, 0.15) is 6.29 Å². The molecule has 0 fully saturated rings. The average Bonchev–Trinajstić information content (AvgIpc) is 2.17. The Morgan fingerprint density at radius 3 is 2.81 bits per heavy atom. The fraction of sp³-hybridized carbons (Fsp3) is 0.667. The van der Waals surface area contributed by atoms with Crippen molar-refractivity contribution >= 4 is 6.29 Å². The molecule has 0 N–H and O–H groups in total. The van der Waals surface area contributed by atoms with Crippen molar-refractivity contribution in [2.24, 2.45) is 11.3 Å². The van der Waals surface area contributed by atoms with Gasteiger partial charge in [-0.3, -0.25) is 0 Å². The molecule has 2 unspecified atom stereocenters. The molecular weight excluding hydrogens is 196 g/mol. The molecule has 1 aliphatic carbocycles. The highest BCUT2D eigenvalue weighted by atomic mass is 16.1. The second-order valence-corrected chi connectivity index (χ2v) is 5.57. The Morgan fingerprint density at radius 2 is 2.25 bits per heavy atom. The van der Waals surface area contributed by atoms with E-state index in [-0.39, 0.29) is 11.3 Å². The molecular formula is C15H24O. The molecule has 0 aromatic carbocycles. The first-order valence-electron chi connectivity index (χ1n) is 6.25. The molecule has 0 saturated heterocycles. The summed E-state index contributed by atoms with van der Waals surface area (Å²) in [4.78, 5) is 11.2. The van der Waals surface area contributed by atoms with E-state index in [1.54, 1.807) is 0 Å². The number of hydrogen-bond acceptors (Lipinski definition) is 1. The van der Waals surface area contributed by atoms with Gasteiger partial charge in [-0.25, -0.2) is 0 Å². The number of hydrogen-bond donors (Lipinski definition) is 0. The van der Waals surface area contributed by atoms with Crippen LogP contribution < -0.4 is 0 Å². The maximum absolute atomic E-state index is 11.2. The molecule has 90 valence electrons. The molecule has 0 heterocycles. The van der Waals surface area contributed by atoms with Crippen LogP contribution in [0.15, 0.2) is 23.3 Å². The van der Waals surface area contributed by atoms with Crippen molar-refractivity contribution in [2.45, 2.75) is 53.4 Å². The molecule has 2 atom stereocenters. The summed E-state index contributed by atoms with van der Waals surface area (Å²) in [6.45, 7) is 8.62. The third kappa shape index (κ3) is 3.07. The lowest BCUT2D eigenvalue weighted by molar-refractivity contribution is -0.113. The zero-order valence-corrected chi connectivity index (χ0v) is 11.0. The van der Waals surface area contributed by atoms with Gasteiger partial charge in [-0.1, -0.05) is 30.2 Å². The SMILES string of the molecule is CC(C)=CCCC1(C)CCC=C(C)C1C=O. The third-order valence-electron chi connectivity index (χ3n) is 3.83. The lowest BCUT2D eigenvalue weighted by atomic mass is 9.65. The number of rotatable bonds is 4. The Morgan fingerprint density at radius 1 is 1.56 bits per heavy atom. The largest absolute Gasteiger partial charge is 0.303 e. The molecule has 0 spiro atoms. The molecule has 0 bridgehead atoms. The van der Waals surface area contributed by atoms with Crippen LogP contribution in [0.5, 0.6) is 0 Å². The molecule has 0 aromatic rings. The predicted molar refractivity (Wildman–Crippen MR) is 69.3 cm³/mol. The summed E-state index contributed by atoms with van der Waals surface area (Å²) in [5, 5.41) is 0. The molecule has 0 radical (unpaired) electrons. The average molecular weight is 220 g/mol. The summed E-state index contributed by atoms with van der Waals surface area (Å²) < 4.78 is 0. The summed E-state index contributed by atoms with van der Waals surface area (Å²) in [6, 6.07) is 0. The van der Waals surface area contributed by atoms with Crippen LogP contribution in [0.25, 0.3) is 0 Å². The topological polar surface area (TPSA) is 17.1 Å². The van der Waals surface area contributed by atoms with Gasteiger partial charge in [0, 0.05) is 5.92 Å². The highest BCUT2D eigenvalue weighted by Crippen LogP contribution is 2.43. The fourth-order valence-corrected chi connectivity index (χ4v) is 2.70. The maximum atomic E-state index is 11.2. The molecule has 0 saturated carbocycles. The molecule has 1 aliphatic rings. The van der Waals surface area contributed by atoms with Crippen LogP contribution in [0.1, 0.15) is 53.4 Å². The fourth-order valence-electron chi connectivity index (χ4n) is 2.70. The Bertz CT molecular complexity index is 307.